The van der Waals surface area contributed by atoms with Crippen molar-refractivity contribution in [3.63, 3.8) is 0 Å². The number of amides is 1. The van der Waals surface area contributed by atoms with Crippen LogP contribution < -0.4 is 0 Å². The Bertz CT molecular complexity index is 436. The van der Waals surface area contributed by atoms with Crippen LogP contribution in [0.4, 0.5) is 4.79 Å². The highest BCUT2D eigenvalue weighted by Gasteiger charge is 2.29. The molecule has 0 saturated heterocycles. The number of hydrogen-bond donors (Lipinski definition) is 0. The van der Waals surface area contributed by atoms with E-state index >= 15 is 0 Å². The molecular weight excluding hydrogens is 335 g/mol. The summed E-state index contributed by atoms with van der Waals surface area (Å²) in [5.41, 5.74) is -0.886. The fourth-order valence-corrected chi connectivity index (χ4v) is 1.83. The molecule has 0 saturated carbocycles. The molecule has 0 aromatic heterocycles. The summed E-state index contributed by atoms with van der Waals surface area (Å²) in [6.07, 6.45) is 0.165. The Morgan fingerprint density at radius 1 is 1.47 bits per heavy atom. The van der Waals surface area contributed by atoms with E-state index in [4.69, 9.17) is 45.3 Å². The summed E-state index contributed by atoms with van der Waals surface area (Å²) in [6, 6.07) is 3.65. The molecule has 0 radical (unpaired) electrons. The zero-order chi connectivity index (χ0) is 15.1. The molecule has 0 rings (SSSR count). The average Bonchev–Trinajstić information content (AvgIpc) is 2.26. The van der Waals surface area contributed by atoms with Gasteiger partial charge in [-0.15, -0.1) is 0 Å². The number of alkyl halides is 3. The van der Waals surface area contributed by atoms with Gasteiger partial charge < -0.3 is 0 Å². The fraction of sp³-hybridized carbons (Fsp3) is 0.556. The zero-order valence-corrected chi connectivity index (χ0v) is 13.0. The van der Waals surface area contributed by atoms with Crippen LogP contribution in [0.1, 0.15) is 13.8 Å². The topological polar surface area (TPSA) is 89.5 Å². The molecule has 6 nitrogen and oxygen atoms in total. The normalized spacial score (nSPS) is 11.7. The first kappa shape index (κ1) is 18.1. The Hall–Kier alpha value is -0.860. The van der Waals surface area contributed by atoms with Crippen molar-refractivity contribution in [1.82, 2.24) is 4.31 Å². The largest absolute Gasteiger partial charge is 0.447 e. The predicted molar refractivity (Wildman–Crippen MR) is 74.6 cm³/mol. The molecule has 0 aliphatic rings. The van der Waals surface area contributed by atoms with Crippen LogP contribution in [0, 0.1) is 28.1 Å². The third kappa shape index (κ3) is 8.79. The Balaban J connectivity index is 4.60. The van der Waals surface area contributed by atoms with Crippen molar-refractivity contribution >= 4 is 59.1 Å². The van der Waals surface area contributed by atoms with Gasteiger partial charge in [-0.25, -0.2) is 9.10 Å². The molecule has 0 spiro atoms. The maximum absolute atomic E-state index is 11.5. The zero-order valence-electron chi connectivity index (χ0n) is 9.93. The van der Waals surface area contributed by atoms with Crippen LogP contribution in [-0.2, 0) is 4.84 Å². The van der Waals surface area contributed by atoms with E-state index in [1.807, 2.05) is 6.07 Å². The summed E-state index contributed by atoms with van der Waals surface area (Å²) in [6.45, 7) is 2.80. The monoisotopic (exact) mass is 342 g/mol. The molecule has 104 valence electrons. The summed E-state index contributed by atoms with van der Waals surface area (Å²) in [7, 11) is 0. The van der Waals surface area contributed by atoms with Crippen LogP contribution >= 0.6 is 46.8 Å². The van der Waals surface area contributed by atoms with E-state index in [-0.39, 0.29) is 6.54 Å². The molecule has 0 aromatic carbocycles. The third-order valence-corrected chi connectivity index (χ3v) is 2.75. The lowest BCUT2D eigenvalue weighted by atomic mass is 9.98. The molecule has 10 heteroatoms. The van der Waals surface area contributed by atoms with Crippen molar-refractivity contribution in [2.45, 2.75) is 17.0 Å². The van der Waals surface area contributed by atoms with Crippen molar-refractivity contribution in [3.05, 3.63) is 0 Å². The van der Waals surface area contributed by atoms with Crippen LogP contribution in [0.5, 0.6) is 0 Å². The molecule has 0 aromatic rings. The average molecular weight is 344 g/mol. The second-order valence-electron chi connectivity index (χ2n) is 3.66. The summed E-state index contributed by atoms with van der Waals surface area (Å²) < 4.78 is -1.02. The molecule has 0 aliphatic heterocycles. The van der Waals surface area contributed by atoms with E-state index in [1.165, 1.54) is 0 Å². The van der Waals surface area contributed by atoms with Gasteiger partial charge in [-0.2, -0.15) is 10.5 Å². The van der Waals surface area contributed by atoms with E-state index in [1.54, 1.807) is 19.9 Å². The first-order valence-corrected chi connectivity index (χ1v) is 6.59. The van der Waals surface area contributed by atoms with E-state index < -0.39 is 14.6 Å². The molecule has 1 amide bonds. The number of carbonyl (C=O) groups is 1. The van der Waals surface area contributed by atoms with Crippen molar-refractivity contribution in [2.24, 2.45) is 10.6 Å². The minimum atomic E-state index is -1.81. The summed E-state index contributed by atoms with van der Waals surface area (Å²) in [5, 5.41) is 20.6. The second kappa shape index (κ2) is 7.66. The van der Waals surface area contributed by atoms with E-state index in [2.05, 4.69) is 9.99 Å². The first-order chi connectivity index (χ1) is 8.61. The number of rotatable bonds is 4. The smallest absolute Gasteiger partial charge is 0.298 e. The van der Waals surface area contributed by atoms with Crippen LogP contribution in [-0.4, -0.2) is 26.3 Å². The Labute approximate surface area is 129 Å². The number of nitriles is 2. The second-order valence-corrected chi connectivity index (χ2v) is 7.85. The summed E-state index contributed by atoms with van der Waals surface area (Å²) >= 11 is 17.0. The van der Waals surface area contributed by atoms with E-state index in [9.17, 15) is 4.79 Å². The minimum Gasteiger partial charge on any atom is -0.298 e. The van der Waals surface area contributed by atoms with Gasteiger partial charge in [-0.3, -0.25) is 4.84 Å². The summed E-state index contributed by atoms with van der Waals surface area (Å²) in [4.78, 5) is 16.0. The SMILES string of the molecule is CC(C)(C#N)/C=N/OC(=O)N(CC#N)SC(Cl)(Cl)Cl. The molecule has 0 unspecified atom stereocenters. The number of halogens is 3. The van der Waals surface area contributed by atoms with Gasteiger partial charge in [0.1, 0.15) is 6.54 Å². The molecule has 0 aliphatic carbocycles. The van der Waals surface area contributed by atoms with Crippen LogP contribution in [0.25, 0.3) is 0 Å². The highest BCUT2D eigenvalue weighted by Crippen LogP contribution is 2.41. The van der Waals surface area contributed by atoms with Crippen LogP contribution in [0.2, 0.25) is 0 Å². The molecular formula is C9H9Cl3N4O2S. The quantitative estimate of drug-likeness (QED) is 0.195. The predicted octanol–water partition coefficient (Wildman–Crippen LogP) is 3.46. The van der Waals surface area contributed by atoms with Gasteiger partial charge >= 0.3 is 6.09 Å². The number of carbonyl (C=O) groups excluding carboxylic acids is 1. The van der Waals surface area contributed by atoms with E-state index in [0.717, 1.165) is 10.5 Å². The van der Waals surface area contributed by atoms with Crippen molar-refractivity contribution in [3.8, 4) is 12.1 Å². The Kier molecular flexibility index (Phi) is 7.32. The fourth-order valence-electron chi connectivity index (χ4n) is 0.601. The maximum Gasteiger partial charge on any atom is 0.447 e. The van der Waals surface area contributed by atoms with Crippen molar-refractivity contribution in [1.29, 1.82) is 10.5 Å². The molecule has 0 fully saturated rings. The van der Waals surface area contributed by atoms with Gasteiger partial charge in [0.25, 0.3) is 3.12 Å². The Morgan fingerprint density at radius 2 is 2.05 bits per heavy atom. The lowest BCUT2D eigenvalue weighted by Crippen LogP contribution is -2.27. The number of oxime groups is 1. The molecule has 0 heterocycles. The molecule has 0 bridgehead atoms. The number of nitrogens with zero attached hydrogens (tertiary/aromatic N) is 4. The lowest BCUT2D eigenvalue weighted by Gasteiger charge is -2.19. The van der Waals surface area contributed by atoms with Gasteiger partial charge in [0.05, 0.1) is 23.8 Å². The van der Waals surface area contributed by atoms with Crippen LogP contribution in [0.3, 0.4) is 0 Å². The summed E-state index contributed by atoms with van der Waals surface area (Å²) in [5.74, 6) is 0. The van der Waals surface area contributed by atoms with Gasteiger partial charge in [-0.05, 0) is 13.8 Å². The maximum atomic E-state index is 11.5. The van der Waals surface area contributed by atoms with Gasteiger partial charge in [0.2, 0.25) is 0 Å². The third-order valence-electron chi connectivity index (χ3n) is 1.43. The highest BCUT2D eigenvalue weighted by molar-refractivity contribution is 8.03. The number of hydrogen-bond acceptors (Lipinski definition) is 6. The van der Waals surface area contributed by atoms with Crippen molar-refractivity contribution in [2.75, 3.05) is 6.54 Å². The molecule has 19 heavy (non-hydrogen) atoms. The lowest BCUT2D eigenvalue weighted by molar-refractivity contribution is 0.134. The van der Waals surface area contributed by atoms with Gasteiger partial charge in [-0.1, -0.05) is 40.0 Å². The van der Waals surface area contributed by atoms with Crippen LogP contribution in [0.15, 0.2) is 5.16 Å². The minimum absolute atomic E-state index is 0.353. The van der Waals surface area contributed by atoms with Gasteiger partial charge in [0.15, 0.2) is 0 Å². The Morgan fingerprint density at radius 3 is 2.47 bits per heavy atom. The van der Waals surface area contributed by atoms with E-state index in [0.29, 0.717) is 11.9 Å². The van der Waals surface area contributed by atoms with Gasteiger partial charge in [0, 0.05) is 11.9 Å². The molecule has 0 N–H and O–H groups in total. The first-order valence-electron chi connectivity index (χ1n) is 4.68. The van der Waals surface area contributed by atoms with Crippen molar-refractivity contribution < 1.29 is 9.63 Å². The molecule has 0 atom stereocenters. The standard InChI is InChI=1S/C9H9Cl3N4O2S/c1-8(2,5-14)6-15-18-7(17)16(4-3-13)19-9(10,11)12/h6H,4H2,1-2H3/b15-6+. The highest BCUT2D eigenvalue weighted by atomic mass is 35.6.